The Labute approximate surface area is 200 Å². The third kappa shape index (κ3) is 3.59. The van der Waals surface area contributed by atoms with Crippen LogP contribution in [-0.2, 0) is 9.59 Å². The Kier molecular flexibility index (Phi) is 5.49. The molecule has 4 aromatic rings. The normalized spacial score (nSPS) is 17.2. The number of ether oxygens (including phenoxy) is 2. The highest BCUT2D eigenvalue weighted by Gasteiger charge is 2.48. The summed E-state index contributed by atoms with van der Waals surface area (Å²) in [4.78, 5) is 31.1. The highest BCUT2D eigenvalue weighted by atomic mass is 19.1. The van der Waals surface area contributed by atoms with Crippen LogP contribution in [0.3, 0.4) is 0 Å². The lowest BCUT2D eigenvalue weighted by Crippen LogP contribution is -2.29. The average molecular weight is 472 g/mol. The van der Waals surface area contributed by atoms with E-state index in [4.69, 9.17) is 9.47 Å². The third-order valence-electron chi connectivity index (χ3n) is 6.13. The topological polar surface area (TPSA) is 91.9 Å². The number of aromatic amines is 1. The lowest BCUT2D eigenvalue weighted by Gasteiger charge is -2.25. The standard InChI is InChI=1S/C27H21FN2O5/c1-34-17-11-12-19(22(13-17)35-2)25(31)23-24(20-14-29-21-6-4-3-5-18(20)21)30(27(33)26(23)32)16-9-7-15(28)8-10-16/h3-14,24,29,31H,1-2H3/b25-23+. The van der Waals surface area contributed by atoms with Crippen molar-refractivity contribution in [2.75, 3.05) is 19.1 Å². The van der Waals surface area contributed by atoms with E-state index in [1.165, 1.54) is 43.4 Å². The number of methoxy groups -OCH3 is 2. The van der Waals surface area contributed by atoms with Crippen molar-refractivity contribution in [2.45, 2.75) is 6.04 Å². The van der Waals surface area contributed by atoms with E-state index in [0.717, 1.165) is 10.9 Å². The molecule has 2 heterocycles. The molecule has 5 rings (SSSR count). The van der Waals surface area contributed by atoms with Gasteiger partial charge in [-0.25, -0.2) is 4.39 Å². The molecule has 3 aromatic carbocycles. The zero-order valence-electron chi connectivity index (χ0n) is 18.9. The first-order chi connectivity index (χ1) is 16.9. The first kappa shape index (κ1) is 22.2. The molecule has 0 saturated carbocycles. The maximum absolute atomic E-state index is 13.6. The van der Waals surface area contributed by atoms with Crippen molar-refractivity contribution in [3.05, 3.63) is 95.4 Å². The number of anilines is 1. The summed E-state index contributed by atoms with van der Waals surface area (Å²) in [5, 5.41) is 12.2. The molecule has 1 atom stereocenters. The van der Waals surface area contributed by atoms with Crippen molar-refractivity contribution in [1.29, 1.82) is 0 Å². The fourth-order valence-corrected chi connectivity index (χ4v) is 4.45. The second-order valence-electron chi connectivity index (χ2n) is 8.00. The number of nitrogens with one attached hydrogen (secondary N) is 1. The zero-order chi connectivity index (χ0) is 24.7. The van der Waals surface area contributed by atoms with Gasteiger partial charge in [-0.1, -0.05) is 18.2 Å². The minimum absolute atomic E-state index is 0.104. The van der Waals surface area contributed by atoms with Gasteiger partial charge in [0.25, 0.3) is 11.7 Å². The molecular weight excluding hydrogens is 451 g/mol. The van der Waals surface area contributed by atoms with Gasteiger partial charge in [0.05, 0.1) is 31.4 Å². The fraction of sp³-hybridized carbons (Fsp3) is 0.111. The molecule has 35 heavy (non-hydrogen) atoms. The van der Waals surface area contributed by atoms with Gasteiger partial charge in [-0.05, 0) is 42.5 Å². The van der Waals surface area contributed by atoms with E-state index in [0.29, 0.717) is 17.0 Å². The highest BCUT2D eigenvalue weighted by Crippen LogP contribution is 2.45. The molecule has 1 saturated heterocycles. The molecule has 8 heteroatoms. The van der Waals surface area contributed by atoms with Crippen LogP contribution in [-0.4, -0.2) is 36.0 Å². The SMILES string of the molecule is COc1ccc(/C(O)=C2\C(=O)C(=O)N(c3ccc(F)cc3)C2c2c[nH]c3ccccc23)c(OC)c1. The molecule has 0 aliphatic carbocycles. The smallest absolute Gasteiger partial charge is 0.300 e. The fourth-order valence-electron chi connectivity index (χ4n) is 4.45. The summed E-state index contributed by atoms with van der Waals surface area (Å²) in [6.07, 6.45) is 1.70. The van der Waals surface area contributed by atoms with E-state index < -0.39 is 23.5 Å². The molecule has 1 aromatic heterocycles. The van der Waals surface area contributed by atoms with Gasteiger partial charge >= 0.3 is 0 Å². The van der Waals surface area contributed by atoms with Crippen molar-refractivity contribution >= 4 is 34.0 Å². The Morgan fingerprint density at radius 3 is 2.46 bits per heavy atom. The van der Waals surface area contributed by atoms with E-state index >= 15 is 0 Å². The Morgan fingerprint density at radius 1 is 1.00 bits per heavy atom. The molecular formula is C27H21FN2O5. The van der Waals surface area contributed by atoms with Crippen molar-refractivity contribution in [3.8, 4) is 11.5 Å². The number of nitrogens with zero attached hydrogens (tertiary/aromatic N) is 1. The zero-order valence-corrected chi connectivity index (χ0v) is 18.9. The van der Waals surface area contributed by atoms with Crippen LogP contribution in [0, 0.1) is 5.82 Å². The summed E-state index contributed by atoms with van der Waals surface area (Å²) < 4.78 is 24.3. The molecule has 0 bridgehead atoms. The number of hydrogen-bond donors (Lipinski definition) is 2. The maximum atomic E-state index is 13.6. The quantitative estimate of drug-likeness (QED) is 0.244. The number of ketones is 1. The number of hydrogen-bond acceptors (Lipinski definition) is 5. The Morgan fingerprint density at radius 2 is 1.74 bits per heavy atom. The lowest BCUT2D eigenvalue weighted by molar-refractivity contribution is -0.132. The molecule has 1 unspecified atom stereocenters. The maximum Gasteiger partial charge on any atom is 0.300 e. The number of fused-ring (bicyclic) bond motifs is 1. The van der Waals surface area contributed by atoms with Crippen LogP contribution < -0.4 is 14.4 Å². The van der Waals surface area contributed by atoms with Crippen LogP contribution >= 0.6 is 0 Å². The number of aliphatic hydroxyl groups is 1. The van der Waals surface area contributed by atoms with Crippen molar-refractivity contribution in [1.82, 2.24) is 4.98 Å². The summed E-state index contributed by atoms with van der Waals surface area (Å²) in [6, 6.07) is 16.5. The van der Waals surface area contributed by atoms with Gasteiger partial charge < -0.3 is 19.6 Å². The van der Waals surface area contributed by atoms with Crippen LogP contribution in [0.15, 0.2) is 78.5 Å². The van der Waals surface area contributed by atoms with Crippen LogP contribution in [0.4, 0.5) is 10.1 Å². The van der Waals surface area contributed by atoms with Gasteiger partial charge in [-0.3, -0.25) is 14.5 Å². The first-order valence-corrected chi connectivity index (χ1v) is 10.8. The highest BCUT2D eigenvalue weighted by molar-refractivity contribution is 6.52. The number of carbonyl (C=O) groups excluding carboxylic acids is 2. The number of Topliss-reactive ketones (excluding diaryl/α,β-unsaturated/α-hetero) is 1. The third-order valence-corrected chi connectivity index (χ3v) is 6.13. The second kappa shape index (κ2) is 8.64. The molecule has 176 valence electrons. The number of carbonyl (C=O) groups is 2. The van der Waals surface area contributed by atoms with Crippen LogP contribution in [0.1, 0.15) is 17.2 Å². The van der Waals surface area contributed by atoms with Gasteiger partial charge in [0.1, 0.15) is 23.1 Å². The van der Waals surface area contributed by atoms with Crippen molar-refractivity contribution in [2.24, 2.45) is 0 Å². The molecule has 1 fully saturated rings. The van der Waals surface area contributed by atoms with Crippen LogP contribution in [0.2, 0.25) is 0 Å². The summed E-state index contributed by atoms with van der Waals surface area (Å²) in [5.74, 6) is -1.79. The van der Waals surface area contributed by atoms with E-state index in [9.17, 15) is 19.1 Å². The number of benzene rings is 3. The minimum atomic E-state index is -0.969. The number of aromatic nitrogens is 1. The van der Waals surface area contributed by atoms with E-state index in [2.05, 4.69) is 4.98 Å². The largest absolute Gasteiger partial charge is 0.507 e. The predicted octanol–water partition coefficient (Wildman–Crippen LogP) is 4.95. The molecule has 2 N–H and O–H groups in total. The van der Waals surface area contributed by atoms with Gasteiger partial charge in [0, 0.05) is 34.4 Å². The van der Waals surface area contributed by atoms with Gasteiger partial charge in [0.2, 0.25) is 0 Å². The second-order valence-corrected chi connectivity index (χ2v) is 8.00. The van der Waals surface area contributed by atoms with Gasteiger partial charge in [-0.15, -0.1) is 0 Å². The number of rotatable bonds is 5. The minimum Gasteiger partial charge on any atom is -0.507 e. The van der Waals surface area contributed by atoms with E-state index in [1.54, 1.807) is 24.4 Å². The van der Waals surface area contributed by atoms with Crippen molar-refractivity contribution in [3.63, 3.8) is 0 Å². The van der Waals surface area contributed by atoms with Crippen LogP contribution in [0.5, 0.6) is 11.5 Å². The number of H-pyrrole nitrogens is 1. The van der Waals surface area contributed by atoms with Gasteiger partial charge in [0.15, 0.2) is 0 Å². The Bertz CT molecular complexity index is 1490. The number of halogens is 1. The molecule has 1 aliphatic heterocycles. The Hall–Kier alpha value is -4.59. The number of para-hydroxylation sites is 1. The Balaban J connectivity index is 1.78. The average Bonchev–Trinajstić information content (AvgIpc) is 3.42. The molecule has 0 radical (unpaired) electrons. The summed E-state index contributed by atoms with van der Waals surface area (Å²) in [6.45, 7) is 0. The molecule has 1 amide bonds. The monoisotopic (exact) mass is 472 g/mol. The number of amides is 1. The number of aliphatic hydroxyl groups excluding tert-OH is 1. The lowest BCUT2D eigenvalue weighted by atomic mass is 9.94. The molecule has 7 nitrogen and oxygen atoms in total. The summed E-state index contributed by atoms with van der Waals surface area (Å²) in [7, 11) is 2.93. The predicted molar refractivity (Wildman–Crippen MR) is 129 cm³/mol. The van der Waals surface area contributed by atoms with Crippen LogP contribution in [0.25, 0.3) is 16.7 Å². The van der Waals surface area contributed by atoms with Gasteiger partial charge in [-0.2, -0.15) is 0 Å². The van der Waals surface area contributed by atoms with E-state index in [-0.39, 0.29) is 22.6 Å². The summed E-state index contributed by atoms with van der Waals surface area (Å²) in [5.41, 5.74) is 1.86. The van der Waals surface area contributed by atoms with Crippen molar-refractivity contribution < 1.29 is 28.6 Å². The molecule has 1 aliphatic rings. The first-order valence-electron chi connectivity index (χ1n) is 10.8. The molecule has 0 spiro atoms. The van der Waals surface area contributed by atoms with E-state index in [1.807, 2.05) is 24.3 Å². The summed E-state index contributed by atoms with van der Waals surface area (Å²) >= 11 is 0.